The van der Waals surface area contributed by atoms with Crippen LogP contribution in [0.2, 0.25) is 0 Å². The van der Waals surface area contributed by atoms with E-state index in [2.05, 4.69) is 16.0 Å². The van der Waals surface area contributed by atoms with Gasteiger partial charge in [-0.1, -0.05) is 12.1 Å². The van der Waals surface area contributed by atoms with Crippen molar-refractivity contribution in [1.82, 2.24) is 4.98 Å². The molecule has 0 aliphatic carbocycles. The maximum atomic E-state index is 13.0. The molecule has 0 bridgehead atoms. The minimum atomic E-state index is -0.105. The van der Waals surface area contributed by atoms with E-state index in [1.165, 1.54) is 0 Å². The molecule has 2 heterocycles. The number of thioether (sulfide) groups is 1. The first-order valence-corrected chi connectivity index (χ1v) is 9.39. The monoisotopic (exact) mass is 333 g/mol. The van der Waals surface area contributed by atoms with Crippen LogP contribution in [0, 0.1) is 0 Å². The summed E-state index contributed by atoms with van der Waals surface area (Å²) in [4.78, 5) is 22.4. The molecule has 0 spiro atoms. The molecule has 2 aromatic rings. The van der Waals surface area contributed by atoms with Crippen molar-refractivity contribution in [3.63, 3.8) is 0 Å². The van der Waals surface area contributed by atoms with Gasteiger partial charge in [0.2, 0.25) is 5.91 Å². The van der Waals surface area contributed by atoms with Gasteiger partial charge < -0.3 is 9.80 Å². The highest BCUT2D eigenvalue weighted by atomic mass is 32.2. The quantitative estimate of drug-likeness (QED) is 0.803. The molecule has 1 atom stereocenters. The van der Waals surface area contributed by atoms with Gasteiger partial charge in [-0.2, -0.15) is 0 Å². The van der Waals surface area contributed by atoms with Crippen molar-refractivity contribution in [2.75, 3.05) is 29.6 Å². The summed E-state index contributed by atoms with van der Waals surface area (Å²) in [7, 11) is 1.87. The maximum absolute atomic E-state index is 13.0. The number of para-hydroxylation sites is 1. The fourth-order valence-electron chi connectivity index (χ4n) is 2.86. The minimum Gasteiger partial charge on any atom is -0.336 e. The van der Waals surface area contributed by atoms with Crippen LogP contribution in [0.15, 0.2) is 40.7 Å². The van der Waals surface area contributed by atoms with Gasteiger partial charge in [-0.3, -0.25) is 4.79 Å². The van der Waals surface area contributed by atoms with Crippen LogP contribution in [-0.4, -0.2) is 36.8 Å². The van der Waals surface area contributed by atoms with Crippen molar-refractivity contribution < 1.29 is 4.79 Å². The number of nitrogens with zero attached hydrogens (tertiary/aromatic N) is 3. The number of thiazole rings is 1. The number of aromatic nitrogens is 1. The summed E-state index contributed by atoms with van der Waals surface area (Å²) in [5, 5.41) is 2.91. The zero-order chi connectivity index (χ0) is 15.5. The first-order chi connectivity index (χ1) is 10.7. The molecule has 1 fully saturated rings. The van der Waals surface area contributed by atoms with Gasteiger partial charge in [0.25, 0.3) is 0 Å². The maximum Gasteiger partial charge on any atom is 0.249 e. The third-order valence-electron chi connectivity index (χ3n) is 3.98. The Morgan fingerprint density at radius 1 is 1.45 bits per heavy atom. The molecule has 6 heteroatoms. The average Bonchev–Trinajstić information content (AvgIpc) is 3.23. The van der Waals surface area contributed by atoms with Crippen LogP contribution in [0.4, 0.5) is 10.8 Å². The number of benzene rings is 1. The Balaban J connectivity index is 1.83. The van der Waals surface area contributed by atoms with E-state index in [0.717, 1.165) is 35.1 Å². The van der Waals surface area contributed by atoms with Crippen LogP contribution in [-0.2, 0) is 4.79 Å². The van der Waals surface area contributed by atoms with Crippen LogP contribution in [0.1, 0.15) is 12.8 Å². The first kappa shape index (κ1) is 15.4. The molecule has 1 aliphatic heterocycles. The van der Waals surface area contributed by atoms with E-state index in [1.807, 2.05) is 36.9 Å². The normalized spacial score (nSPS) is 17.7. The molecule has 1 aliphatic rings. The molecule has 116 valence electrons. The number of amides is 1. The van der Waals surface area contributed by atoms with Gasteiger partial charge in [0.1, 0.15) is 6.04 Å². The van der Waals surface area contributed by atoms with Crippen molar-refractivity contribution >= 4 is 39.8 Å². The van der Waals surface area contributed by atoms with E-state index < -0.39 is 0 Å². The third kappa shape index (κ3) is 2.85. The highest BCUT2D eigenvalue weighted by Crippen LogP contribution is 2.32. The lowest BCUT2D eigenvalue weighted by Gasteiger charge is -2.28. The number of carbonyl (C=O) groups excluding carboxylic acids is 1. The fourth-order valence-corrected chi connectivity index (χ4v) is 4.21. The van der Waals surface area contributed by atoms with Crippen LogP contribution >= 0.6 is 23.1 Å². The number of anilines is 2. The third-order valence-corrected chi connectivity index (χ3v) is 5.57. The predicted octanol–water partition coefficient (Wildman–Crippen LogP) is 3.50. The molecule has 0 saturated carbocycles. The second-order valence-electron chi connectivity index (χ2n) is 5.24. The number of rotatable bonds is 4. The van der Waals surface area contributed by atoms with Crippen LogP contribution in [0.3, 0.4) is 0 Å². The summed E-state index contributed by atoms with van der Waals surface area (Å²) >= 11 is 3.26. The molecular formula is C16H19N3OS2. The SMILES string of the molecule is CSc1ccccc1N(C)C(=O)[C@@H]1CCCN1c1nccs1. The highest BCUT2D eigenvalue weighted by Gasteiger charge is 2.34. The van der Waals surface area contributed by atoms with Gasteiger partial charge >= 0.3 is 0 Å². The van der Waals surface area contributed by atoms with Crippen molar-refractivity contribution in [1.29, 1.82) is 0 Å². The lowest BCUT2D eigenvalue weighted by atomic mass is 10.2. The first-order valence-electron chi connectivity index (χ1n) is 7.29. The van der Waals surface area contributed by atoms with Gasteiger partial charge in [0.05, 0.1) is 5.69 Å². The van der Waals surface area contributed by atoms with E-state index in [0.29, 0.717) is 0 Å². The summed E-state index contributed by atoms with van der Waals surface area (Å²) in [5.41, 5.74) is 0.978. The molecule has 22 heavy (non-hydrogen) atoms. The number of likely N-dealkylation sites (N-methyl/N-ethyl adjacent to an activating group) is 1. The van der Waals surface area contributed by atoms with Crippen molar-refractivity contribution in [2.24, 2.45) is 0 Å². The smallest absolute Gasteiger partial charge is 0.249 e. The number of carbonyl (C=O) groups is 1. The molecule has 1 amide bonds. The van der Waals surface area contributed by atoms with Gasteiger partial charge in [-0.25, -0.2) is 4.98 Å². The van der Waals surface area contributed by atoms with E-state index in [9.17, 15) is 4.79 Å². The lowest BCUT2D eigenvalue weighted by Crippen LogP contribution is -2.44. The molecule has 1 aromatic carbocycles. The second kappa shape index (κ2) is 6.71. The molecule has 0 N–H and O–H groups in total. The summed E-state index contributed by atoms with van der Waals surface area (Å²) in [6.07, 6.45) is 5.76. The zero-order valence-corrected chi connectivity index (χ0v) is 14.4. The van der Waals surface area contributed by atoms with Crippen molar-refractivity contribution in [3.8, 4) is 0 Å². The summed E-state index contributed by atoms with van der Waals surface area (Å²) in [6.45, 7) is 0.905. The lowest BCUT2D eigenvalue weighted by molar-refractivity contribution is -0.119. The zero-order valence-electron chi connectivity index (χ0n) is 12.7. The summed E-state index contributed by atoms with van der Waals surface area (Å²) < 4.78 is 0. The molecule has 0 radical (unpaired) electrons. The molecule has 3 rings (SSSR count). The van der Waals surface area contributed by atoms with Crippen LogP contribution in [0.5, 0.6) is 0 Å². The molecule has 1 saturated heterocycles. The van der Waals surface area contributed by atoms with Gasteiger partial charge in [0.15, 0.2) is 5.13 Å². The Morgan fingerprint density at radius 3 is 3.00 bits per heavy atom. The van der Waals surface area contributed by atoms with Gasteiger partial charge in [0, 0.05) is 30.1 Å². The molecule has 4 nitrogen and oxygen atoms in total. The van der Waals surface area contributed by atoms with E-state index >= 15 is 0 Å². The predicted molar refractivity (Wildman–Crippen MR) is 94.1 cm³/mol. The summed E-state index contributed by atoms with van der Waals surface area (Å²) in [6, 6.07) is 7.94. The summed E-state index contributed by atoms with van der Waals surface area (Å²) in [5.74, 6) is 0.147. The van der Waals surface area contributed by atoms with Crippen LogP contribution < -0.4 is 9.80 Å². The number of hydrogen-bond acceptors (Lipinski definition) is 5. The molecule has 1 aromatic heterocycles. The van der Waals surface area contributed by atoms with Gasteiger partial charge in [-0.15, -0.1) is 23.1 Å². The Morgan fingerprint density at radius 2 is 2.27 bits per heavy atom. The van der Waals surface area contributed by atoms with Crippen molar-refractivity contribution in [3.05, 3.63) is 35.8 Å². The fraction of sp³-hybridized carbons (Fsp3) is 0.375. The Labute approximate surface area is 139 Å². The van der Waals surface area contributed by atoms with Crippen LogP contribution in [0.25, 0.3) is 0 Å². The van der Waals surface area contributed by atoms with Crippen molar-refractivity contribution in [2.45, 2.75) is 23.8 Å². The molecular weight excluding hydrogens is 314 g/mol. The van der Waals surface area contributed by atoms with E-state index in [1.54, 1.807) is 34.2 Å². The van der Waals surface area contributed by atoms with E-state index in [-0.39, 0.29) is 11.9 Å². The Kier molecular flexibility index (Phi) is 4.69. The highest BCUT2D eigenvalue weighted by molar-refractivity contribution is 7.98. The van der Waals surface area contributed by atoms with E-state index in [4.69, 9.17) is 0 Å². The standard InChI is InChI=1S/C16H19N3OS2/c1-18(12-6-3-4-8-14(12)21-2)15(20)13-7-5-10-19(13)16-17-9-11-22-16/h3-4,6,8-9,11,13H,5,7,10H2,1-2H3/t13-/m0/s1. The minimum absolute atomic E-state index is 0.105. The molecule has 0 unspecified atom stereocenters. The Hall–Kier alpha value is -1.53. The van der Waals surface area contributed by atoms with Gasteiger partial charge in [-0.05, 0) is 31.2 Å². The largest absolute Gasteiger partial charge is 0.336 e. The number of hydrogen-bond donors (Lipinski definition) is 0. The topological polar surface area (TPSA) is 36.4 Å². The Bertz CT molecular complexity index is 645. The second-order valence-corrected chi connectivity index (χ2v) is 6.96. The average molecular weight is 333 g/mol.